The first-order valence-electron chi connectivity index (χ1n) is 10.9. The van der Waals surface area contributed by atoms with Gasteiger partial charge >= 0.3 is 5.97 Å². The second kappa shape index (κ2) is 10.0. The van der Waals surface area contributed by atoms with Crippen LogP contribution in [0, 0.1) is 25.6 Å². The number of amides is 1. The molecule has 3 rings (SSSR count). The van der Waals surface area contributed by atoms with E-state index in [9.17, 15) is 22.4 Å². The summed E-state index contributed by atoms with van der Waals surface area (Å²) in [5, 5.41) is 2.81. The van der Waals surface area contributed by atoms with Crippen LogP contribution in [0.4, 0.5) is 4.39 Å². The molecule has 1 fully saturated rings. The van der Waals surface area contributed by atoms with Crippen molar-refractivity contribution in [2.75, 3.05) is 19.7 Å². The molecule has 1 aliphatic heterocycles. The number of sulfonamides is 1. The van der Waals surface area contributed by atoms with Crippen molar-refractivity contribution in [3.63, 3.8) is 0 Å². The van der Waals surface area contributed by atoms with Gasteiger partial charge in [-0.25, -0.2) is 17.6 Å². The van der Waals surface area contributed by atoms with Gasteiger partial charge in [0.25, 0.3) is 0 Å². The van der Waals surface area contributed by atoms with Crippen LogP contribution < -0.4 is 5.32 Å². The van der Waals surface area contributed by atoms with E-state index < -0.39 is 21.9 Å². The van der Waals surface area contributed by atoms with Crippen molar-refractivity contribution in [3.05, 3.63) is 52.6 Å². The van der Waals surface area contributed by atoms with E-state index in [1.165, 1.54) is 16.4 Å². The summed E-state index contributed by atoms with van der Waals surface area (Å²) in [7, 11) is -2.33. The Hall–Kier alpha value is -2.72. The minimum Gasteiger partial charge on any atom is -0.462 e. The van der Waals surface area contributed by atoms with Crippen LogP contribution in [0.5, 0.6) is 0 Å². The van der Waals surface area contributed by atoms with Gasteiger partial charge in [0.05, 0.1) is 12.5 Å². The zero-order chi connectivity index (χ0) is 24.3. The molecule has 0 unspecified atom stereocenters. The van der Waals surface area contributed by atoms with Gasteiger partial charge in [0.2, 0.25) is 15.9 Å². The zero-order valence-electron chi connectivity index (χ0n) is 19.4. The molecule has 180 valence electrons. The maximum atomic E-state index is 13.6. The van der Waals surface area contributed by atoms with Crippen molar-refractivity contribution in [3.8, 4) is 0 Å². The minimum absolute atomic E-state index is 0.0211. The Morgan fingerprint density at radius 1 is 1.18 bits per heavy atom. The number of carbonyl (C=O) groups excluding carboxylic acids is 2. The van der Waals surface area contributed by atoms with Crippen LogP contribution in [0.25, 0.3) is 0 Å². The summed E-state index contributed by atoms with van der Waals surface area (Å²) in [6.45, 7) is 5.64. The molecule has 1 saturated heterocycles. The fourth-order valence-corrected chi connectivity index (χ4v) is 6.12. The van der Waals surface area contributed by atoms with E-state index in [0.29, 0.717) is 24.2 Å². The lowest BCUT2D eigenvalue weighted by molar-refractivity contribution is -0.126. The molecule has 2 heterocycles. The van der Waals surface area contributed by atoms with Crippen LogP contribution in [-0.2, 0) is 33.1 Å². The zero-order valence-corrected chi connectivity index (χ0v) is 20.2. The molecule has 2 aromatic rings. The number of halogens is 1. The SMILES string of the molecule is CCOC(=O)c1c(S(=O)(=O)N2CCC[C@H](C(=O)NCc3ccc(F)cc3)C2)c(C)n(C)c1C. The monoisotopic (exact) mass is 479 g/mol. The number of piperidine rings is 1. The van der Waals surface area contributed by atoms with Crippen molar-refractivity contribution in [1.29, 1.82) is 0 Å². The molecule has 0 radical (unpaired) electrons. The van der Waals surface area contributed by atoms with E-state index in [1.54, 1.807) is 44.5 Å². The Bertz CT molecular complexity index is 1140. The number of hydrogen-bond donors (Lipinski definition) is 1. The fraction of sp³-hybridized carbons (Fsp3) is 0.478. The molecule has 0 bridgehead atoms. The Balaban J connectivity index is 1.80. The van der Waals surface area contributed by atoms with Gasteiger partial charge in [0.1, 0.15) is 16.3 Å². The third-order valence-electron chi connectivity index (χ3n) is 6.14. The van der Waals surface area contributed by atoms with E-state index in [1.807, 2.05) is 0 Å². The highest BCUT2D eigenvalue weighted by Gasteiger charge is 2.38. The summed E-state index contributed by atoms with van der Waals surface area (Å²) in [5.74, 6) is -1.81. The molecule has 1 aliphatic rings. The predicted molar refractivity (Wildman–Crippen MR) is 121 cm³/mol. The van der Waals surface area contributed by atoms with Crippen LogP contribution in [0.3, 0.4) is 0 Å². The first-order valence-corrected chi connectivity index (χ1v) is 12.4. The number of aromatic nitrogens is 1. The van der Waals surface area contributed by atoms with Crippen LogP contribution in [-0.4, -0.2) is 48.9 Å². The highest BCUT2D eigenvalue weighted by atomic mass is 32.2. The van der Waals surface area contributed by atoms with Crippen LogP contribution in [0.2, 0.25) is 0 Å². The Morgan fingerprint density at radius 2 is 1.85 bits per heavy atom. The number of nitrogens with zero attached hydrogens (tertiary/aromatic N) is 2. The molecular weight excluding hydrogens is 449 g/mol. The topological polar surface area (TPSA) is 97.7 Å². The standard InChI is InChI=1S/C23H30FN3O5S/c1-5-32-23(29)20-15(2)26(4)16(3)21(20)33(30,31)27-12-6-7-18(14-27)22(28)25-13-17-8-10-19(24)11-9-17/h8-11,18H,5-7,12-14H2,1-4H3,(H,25,28)/t18-/m0/s1. The lowest BCUT2D eigenvalue weighted by Gasteiger charge is -2.31. The molecule has 33 heavy (non-hydrogen) atoms. The van der Waals surface area contributed by atoms with Crippen molar-refractivity contribution in [2.24, 2.45) is 13.0 Å². The Labute approximate surface area is 193 Å². The quantitative estimate of drug-likeness (QED) is 0.616. The summed E-state index contributed by atoms with van der Waals surface area (Å²) in [6.07, 6.45) is 1.08. The Morgan fingerprint density at radius 3 is 2.48 bits per heavy atom. The molecular formula is C23H30FN3O5S. The number of rotatable bonds is 7. The van der Waals surface area contributed by atoms with Crippen LogP contribution in [0.1, 0.15) is 47.1 Å². The number of hydrogen-bond acceptors (Lipinski definition) is 5. The summed E-state index contributed by atoms with van der Waals surface area (Å²) in [6, 6.07) is 5.82. The van der Waals surface area contributed by atoms with E-state index in [0.717, 1.165) is 5.56 Å². The maximum Gasteiger partial charge on any atom is 0.341 e. The second-order valence-electron chi connectivity index (χ2n) is 8.20. The number of ether oxygens (including phenoxy) is 1. The van der Waals surface area contributed by atoms with Crippen LogP contribution in [0.15, 0.2) is 29.2 Å². The molecule has 1 aromatic carbocycles. The minimum atomic E-state index is -4.04. The molecule has 0 saturated carbocycles. The van der Waals surface area contributed by atoms with Gasteiger partial charge in [-0.1, -0.05) is 12.1 Å². The largest absolute Gasteiger partial charge is 0.462 e. The molecule has 10 heteroatoms. The van der Waals surface area contributed by atoms with Gasteiger partial charge in [-0.2, -0.15) is 4.31 Å². The van der Waals surface area contributed by atoms with Gasteiger partial charge in [-0.3, -0.25) is 4.79 Å². The molecule has 8 nitrogen and oxygen atoms in total. The summed E-state index contributed by atoms with van der Waals surface area (Å²) in [4.78, 5) is 25.3. The average Bonchev–Trinajstić information content (AvgIpc) is 3.03. The first-order chi connectivity index (χ1) is 15.6. The van der Waals surface area contributed by atoms with Gasteiger partial charge in [0, 0.05) is 38.1 Å². The molecule has 0 spiro atoms. The van der Waals surface area contributed by atoms with E-state index in [2.05, 4.69) is 5.32 Å². The first kappa shape index (κ1) is 24.9. The number of benzene rings is 1. The van der Waals surface area contributed by atoms with Crippen LogP contribution >= 0.6 is 0 Å². The summed E-state index contributed by atoms with van der Waals surface area (Å²) >= 11 is 0. The van der Waals surface area contributed by atoms with Crippen molar-refractivity contribution < 1.29 is 27.1 Å². The van der Waals surface area contributed by atoms with Crippen molar-refractivity contribution in [2.45, 2.75) is 45.1 Å². The highest BCUT2D eigenvalue weighted by Crippen LogP contribution is 2.32. The number of nitrogens with one attached hydrogen (secondary N) is 1. The lowest BCUT2D eigenvalue weighted by Crippen LogP contribution is -2.45. The highest BCUT2D eigenvalue weighted by molar-refractivity contribution is 7.89. The van der Waals surface area contributed by atoms with E-state index in [4.69, 9.17) is 4.74 Å². The molecule has 1 N–H and O–H groups in total. The van der Waals surface area contributed by atoms with Crippen molar-refractivity contribution in [1.82, 2.24) is 14.2 Å². The second-order valence-corrected chi connectivity index (χ2v) is 10.1. The molecule has 0 aliphatic carbocycles. The normalized spacial score (nSPS) is 17.1. The van der Waals surface area contributed by atoms with Gasteiger partial charge in [0.15, 0.2) is 0 Å². The summed E-state index contributed by atoms with van der Waals surface area (Å²) < 4.78 is 48.4. The van der Waals surface area contributed by atoms with E-state index >= 15 is 0 Å². The molecule has 1 atom stereocenters. The molecule has 1 amide bonds. The fourth-order valence-electron chi connectivity index (χ4n) is 4.12. The third-order valence-corrected chi connectivity index (χ3v) is 8.16. The number of carbonyl (C=O) groups is 2. The smallest absolute Gasteiger partial charge is 0.341 e. The average molecular weight is 480 g/mol. The van der Waals surface area contributed by atoms with Gasteiger partial charge in [-0.15, -0.1) is 0 Å². The maximum absolute atomic E-state index is 13.6. The van der Waals surface area contributed by atoms with Gasteiger partial charge in [-0.05, 0) is 51.3 Å². The number of esters is 1. The molecule has 1 aromatic heterocycles. The van der Waals surface area contributed by atoms with Crippen molar-refractivity contribution >= 4 is 21.9 Å². The predicted octanol–water partition coefficient (Wildman–Crippen LogP) is 2.67. The van der Waals surface area contributed by atoms with Gasteiger partial charge < -0.3 is 14.6 Å². The van der Waals surface area contributed by atoms with E-state index in [-0.39, 0.29) is 48.4 Å². The summed E-state index contributed by atoms with van der Waals surface area (Å²) in [5.41, 5.74) is 1.74. The lowest BCUT2D eigenvalue weighted by atomic mass is 9.99. The Kier molecular flexibility index (Phi) is 7.58. The third kappa shape index (κ3) is 5.11.